The van der Waals surface area contributed by atoms with Crippen LogP contribution in [0.3, 0.4) is 0 Å². The lowest BCUT2D eigenvalue weighted by molar-refractivity contribution is -0.387. The first-order chi connectivity index (χ1) is 15.0. The van der Waals surface area contributed by atoms with Gasteiger partial charge in [-0.15, -0.1) is 0 Å². The first-order valence-corrected chi connectivity index (χ1v) is 9.95. The summed E-state index contributed by atoms with van der Waals surface area (Å²) in [7, 11) is 0. The van der Waals surface area contributed by atoms with Crippen LogP contribution in [0.4, 0.5) is 5.69 Å². The van der Waals surface area contributed by atoms with Crippen LogP contribution in [0.1, 0.15) is 46.6 Å². The highest BCUT2D eigenvalue weighted by atomic mass is 16.6. The van der Waals surface area contributed by atoms with Crippen LogP contribution < -0.4 is 4.74 Å². The summed E-state index contributed by atoms with van der Waals surface area (Å²) in [5.41, 5.74) is -0.906. The number of ketones is 1. The zero-order valence-electron chi connectivity index (χ0n) is 19.3. The van der Waals surface area contributed by atoms with E-state index in [0.717, 1.165) is 6.61 Å². The molecule has 0 unspecified atom stereocenters. The summed E-state index contributed by atoms with van der Waals surface area (Å²) in [6, 6.07) is 0. The molecule has 0 aromatic carbocycles. The number of Topliss-reactive ketones (excluding diaryl/α,β-unsaturated/α-hetero) is 1. The van der Waals surface area contributed by atoms with E-state index in [9.17, 15) is 19.7 Å². The second kappa shape index (κ2) is 10.1. The van der Waals surface area contributed by atoms with Gasteiger partial charge in [-0.2, -0.15) is 4.98 Å². The highest BCUT2D eigenvalue weighted by Crippen LogP contribution is 2.38. The van der Waals surface area contributed by atoms with Gasteiger partial charge >= 0.3 is 11.7 Å². The van der Waals surface area contributed by atoms with Crippen molar-refractivity contribution in [1.82, 2.24) is 9.97 Å². The number of aliphatic hydroxyl groups is 1. The molecule has 0 aliphatic heterocycles. The van der Waals surface area contributed by atoms with Crippen molar-refractivity contribution in [2.45, 2.75) is 53.6 Å². The third-order valence-corrected chi connectivity index (χ3v) is 4.94. The van der Waals surface area contributed by atoms with Gasteiger partial charge in [0, 0.05) is 11.8 Å². The first-order valence-electron chi connectivity index (χ1n) is 10.4. The Labute approximate surface area is 183 Å². The van der Waals surface area contributed by atoms with Crippen LogP contribution in [-0.2, 0) is 14.3 Å². The molecule has 169 valence electrons. The molecule has 1 aromatic rings. The largest absolute Gasteiger partial charge is 0.465 e. The number of carbonyl (C=O) groups excluding carboxylic acids is 2. The highest BCUT2D eigenvalue weighted by Gasteiger charge is 2.45. The number of nitrogens with zero attached hydrogens (tertiary/aromatic N) is 3. The number of nitro groups is 1. The molecular formula is C21H28N3O7. The van der Waals surface area contributed by atoms with E-state index in [1.165, 1.54) is 13.3 Å². The smallest absolute Gasteiger partial charge is 0.351 e. The van der Waals surface area contributed by atoms with Gasteiger partial charge in [-0.25, -0.2) is 4.98 Å². The van der Waals surface area contributed by atoms with Crippen LogP contribution in [-0.4, -0.2) is 44.5 Å². The van der Waals surface area contributed by atoms with E-state index in [1.807, 2.05) is 0 Å². The van der Waals surface area contributed by atoms with Gasteiger partial charge in [0.1, 0.15) is 11.5 Å². The molecule has 10 heteroatoms. The fraction of sp³-hybridized carbons (Fsp3) is 0.571. The van der Waals surface area contributed by atoms with E-state index < -0.39 is 34.0 Å². The van der Waals surface area contributed by atoms with E-state index in [2.05, 4.69) is 15.1 Å². The van der Waals surface area contributed by atoms with Crippen molar-refractivity contribution in [1.29, 1.82) is 0 Å². The lowest BCUT2D eigenvalue weighted by Crippen LogP contribution is -2.31. The minimum absolute atomic E-state index is 0.0729. The van der Waals surface area contributed by atoms with Gasteiger partial charge in [-0.3, -0.25) is 19.7 Å². The van der Waals surface area contributed by atoms with Crippen molar-refractivity contribution >= 4 is 17.4 Å². The average molecular weight is 436 g/mol. The Balaban J connectivity index is 2.18. The number of aryl methyl sites for hydroxylation is 2. The molecule has 1 N–H and O–H groups in total. The Kier molecular flexibility index (Phi) is 7.53. The second-order valence-corrected chi connectivity index (χ2v) is 8.50. The molecule has 1 fully saturated rings. The van der Waals surface area contributed by atoms with Gasteiger partial charge in [0.15, 0.2) is 11.9 Å². The number of hydrogen-bond acceptors (Lipinski definition) is 9. The number of carbonyl (C=O) groups is 2. The molecule has 2 rings (SSSR count). The summed E-state index contributed by atoms with van der Waals surface area (Å²) in [5.74, 6) is -1.52. The number of ether oxygens (including phenoxy) is 2. The number of aliphatic hydroxyl groups excluding tert-OH is 1. The topological polar surface area (TPSA) is 142 Å². The molecule has 0 amide bonds. The van der Waals surface area contributed by atoms with Gasteiger partial charge in [-0.05, 0) is 60.3 Å². The van der Waals surface area contributed by atoms with Crippen LogP contribution in [0.25, 0.3) is 0 Å². The second-order valence-electron chi connectivity index (χ2n) is 8.50. The Morgan fingerprint density at radius 1 is 1.39 bits per heavy atom. The quantitative estimate of drug-likeness (QED) is 0.253. The van der Waals surface area contributed by atoms with Gasteiger partial charge in [0.25, 0.3) is 5.88 Å². The van der Waals surface area contributed by atoms with E-state index in [-0.39, 0.29) is 35.8 Å². The fourth-order valence-corrected chi connectivity index (χ4v) is 3.38. The van der Waals surface area contributed by atoms with Crippen LogP contribution in [0.2, 0.25) is 0 Å². The third-order valence-electron chi connectivity index (χ3n) is 4.94. The van der Waals surface area contributed by atoms with Crippen molar-refractivity contribution < 1.29 is 30.5 Å². The van der Waals surface area contributed by atoms with E-state index in [0.29, 0.717) is 12.8 Å². The number of aromatic nitrogens is 2. The molecule has 3 radical (unpaired) electrons. The molecule has 10 nitrogen and oxygen atoms in total. The lowest BCUT2D eigenvalue weighted by atomic mass is 9.97. The molecule has 3 atom stereocenters. The van der Waals surface area contributed by atoms with Crippen molar-refractivity contribution in [2.24, 2.45) is 17.3 Å². The lowest BCUT2D eigenvalue weighted by Gasteiger charge is -2.19. The SMILES string of the molecule is [3H]O[CH][CH][CH][C@H]1C[C@H](CCOC(=O)C(C)(C)C)C(=O)[C@H]1Oc1nc(C)nc(C)c1[N+](=O)[O-]. The maximum absolute atomic E-state index is 13.1. The molecule has 1 saturated carbocycles. The van der Waals surface area contributed by atoms with Crippen LogP contribution in [0, 0.1) is 60.7 Å². The molecule has 1 aromatic heterocycles. The Bertz CT molecular complexity index is 857. The Morgan fingerprint density at radius 3 is 2.71 bits per heavy atom. The normalized spacial score (nSPS) is 21.6. The van der Waals surface area contributed by atoms with Gasteiger partial charge in [-0.1, -0.05) is 0 Å². The van der Waals surface area contributed by atoms with Crippen molar-refractivity contribution in [3.63, 3.8) is 0 Å². The molecular weight excluding hydrogens is 406 g/mol. The third kappa shape index (κ3) is 6.19. The summed E-state index contributed by atoms with van der Waals surface area (Å²) in [5, 5.41) is 15.7. The fourth-order valence-electron chi connectivity index (χ4n) is 3.38. The Morgan fingerprint density at radius 2 is 2.10 bits per heavy atom. The monoisotopic (exact) mass is 436 g/mol. The number of hydrogen-bond donors (Lipinski definition) is 1. The zero-order valence-corrected chi connectivity index (χ0v) is 18.3. The maximum atomic E-state index is 13.1. The molecule has 1 heterocycles. The van der Waals surface area contributed by atoms with Gasteiger partial charge in [0.05, 0.1) is 23.6 Å². The van der Waals surface area contributed by atoms with Crippen LogP contribution in [0.5, 0.6) is 5.88 Å². The minimum Gasteiger partial charge on any atom is -0.465 e. The summed E-state index contributed by atoms with van der Waals surface area (Å²) in [6.07, 6.45) is 2.77. The summed E-state index contributed by atoms with van der Waals surface area (Å²) in [6.45, 7) is 9.47. The van der Waals surface area contributed by atoms with Gasteiger partial charge < -0.3 is 14.6 Å². The molecule has 1 aliphatic rings. The first kappa shape index (κ1) is 23.1. The molecule has 1 aliphatic carbocycles. The highest BCUT2D eigenvalue weighted by molar-refractivity contribution is 5.88. The van der Waals surface area contributed by atoms with Crippen molar-refractivity contribution in [3.8, 4) is 5.88 Å². The zero-order chi connectivity index (χ0) is 24.1. The van der Waals surface area contributed by atoms with Gasteiger partial charge in [0.2, 0.25) is 1.43 Å². The summed E-state index contributed by atoms with van der Waals surface area (Å²) >= 11 is 0. The standard InChI is InChI=1S/C21H28N3O7/c1-12-16(24(28)29)19(23-13(2)22-12)31-18-15(7-6-9-25)11-14(17(18)26)8-10-30-20(27)21(3,4)5/h6-7,9,14-15,18,25H,8,10-11H2,1-5H3/t14-,15-,18-/m0/s1/i25T. The molecule has 0 spiro atoms. The predicted molar refractivity (Wildman–Crippen MR) is 109 cm³/mol. The molecule has 31 heavy (non-hydrogen) atoms. The van der Waals surface area contributed by atoms with E-state index in [4.69, 9.17) is 10.9 Å². The number of esters is 1. The summed E-state index contributed by atoms with van der Waals surface area (Å²) in [4.78, 5) is 44.0. The molecule has 0 bridgehead atoms. The van der Waals surface area contributed by atoms with E-state index in [1.54, 1.807) is 34.1 Å². The summed E-state index contributed by atoms with van der Waals surface area (Å²) < 4.78 is 17.8. The van der Waals surface area contributed by atoms with Crippen LogP contribution >= 0.6 is 0 Å². The molecule has 0 saturated heterocycles. The Hall–Kier alpha value is -2.62. The van der Waals surface area contributed by atoms with Crippen molar-refractivity contribution in [2.75, 3.05) is 6.61 Å². The van der Waals surface area contributed by atoms with Crippen LogP contribution in [0.15, 0.2) is 0 Å². The predicted octanol–water partition coefficient (Wildman–Crippen LogP) is 2.88. The minimum atomic E-state index is -1.03. The number of rotatable bonds is 10. The van der Waals surface area contributed by atoms with E-state index >= 15 is 0 Å². The maximum Gasteiger partial charge on any atom is 0.351 e. The average Bonchev–Trinajstić information content (AvgIpc) is 2.95. The van der Waals surface area contributed by atoms with Crippen molar-refractivity contribution in [3.05, 3.63) is 41.1 Å².